The van der Waals surface area contributed by atoms with Gasteiger partial charge in [-0.15, -0.1) is 0 Å². The van der Waals surface area contributed by atoms with Crippen LogP contribution in [-0.4, -0.2) is 49.2 Å². The second-order valence-electron chi connectivity index (χ2n) is 9.56. The molecule has 0 aliphatic carbocycles. The van der Waals surface area contributed by atoms with E-state index in [-0.39, 0.29) is 24.7 Å². The normalized spacial score (nSPS) is 18.1. The molecule has 2 bridgehead atoms. The van der Waals surface area contributed by atoms with Gasteiger partial charge in [-0.1, -0.05) is 66.2 Å². The Balaban J connectivity index is 1.30. The number of esters is 1. The van der Waals surface area contributed by atoms with Crippen molar-refractivity contribution >= 4 is 29.2 Å². The number of halogens is 1. The molecule has 0 radical (unpaired) electrons. The summed E-state index contributed by atoms with van der Waals surface area (Å²) in [6, 6.07) is 24.4. The molecule has 0 unspecified atom stereocenters. The van der Waals surface area contributed by atoms with E-state index in [1.54, 1.807) is 17.0 Å². The van der Waals surface area contributed by atoms with E-state index in [9.17, 15) is 9.59 Å². The van der Waals surface area contributed by atoms with Crippen LogP contribution in [0.2, 0.25) is 5.02 Å². The number of para-hydroxylation sites is 1. The Hall–Kier alpha value is -3.97. The highest BCUT2D eigenvalue weighted by Gasteiger charge is 2.46. The van der Waals surface area contributed by atoms with E-state index in [0.29, 0.717) is 42.3 Å². The van der Waals surface area contributed by atoms with Gasteiger partial charge in [0.15, 0.2) is 0 Å². The number of hydrogen-bond donors (Lipinski definition) is 1. The minimum Gasteiger partial charge on any atom is -0.490 e. The third-order valence-electron chi connectivity index (χ3n) is 7.14. The predicted octanol–water partition coefficient (Wildman–Crippen LogP) is 5.87. The predicted molar refractivity (Wildman–Crippen MR) is 150 cm³/mol. The molecule has 0 aromatic heterocycles. The number of benzene rings is 3. The molecule has 3 aromatic carbocycles. The monoisotopic (exact) mass is 546 g/mol. The summed E-state index contributed by atoms with van der Waals surface area (Å²) in [4.78, 5) is 28.1. The smallest absolute Gasteiger partial charge is 0.336 e. The van der Waals surface area contributed by atoms with Gasteiger partial charge in [0.25, 0.3) is 0 Å². The number of hydrogen-bond acceptors (Lipinski definition) is 5. The van der Waals surface area contributed by atoms with Crippen LogP contribution in [-0.2, 0) is 16.1 Å². The van der Waals surface area contributed by atoms with Gasteiger partial charge in [0.1, 0.15) is 24.7 Å². The summed E-state index contributed by atoms with van der Waals surface area (Å²) >= 11 is 6.14. The zero-order valence-electron chi connectivity index (χ0n) is 21.8. The van der Waals surface area contributed by atoms with Crippen molar-refractivity contribution < 1.29 is 23.8 Å². The Morgan fingerprint density at radius 2 is 1.77 bits per heavy atom. The van der Waals surface area contributed by atoms with Gasteiger partial charge in [-0.2, -0.15) is 0 Å². The van der Waals surface area contributed by atoms with Crippen molar-refractivity contribution in [3.63, 3.8) is 0 Å². The van der Waals surface area contributed by atoms with Crippen LogP contribution in [0.15, 0.2) is 84.4 Å². The summed E-state index contributed by atoms with van der Waals surface area (Å²) < 4.78 is 16.9. The van der Waals surface area contributed by atoms with Crippen LogP contribution in [0, 0.1) is 0 Å². The molecular weight excluding hydrogens is 516 g/mol. The first kappa shape index (κ1) is 26.6. The van der Waals surface area contributed by atoms with Crippen molar-refractivity contribution in [3.8, 4) is 11.5 Å². The molecule has 3 aromatic rings. The number of nitrogens with one attached hydrogen (secondary N) is 1. The van der Waals surface area contributed by atoms with Crippen LogP contribution >= 0.6 is 11.6 Å². The maximum Gasteiger partial charge on any atom is 0.336 e. The number of nitrogens with zero attached hydrogens (tertiary/aromatic N) is 1. The van der Waals surface area contributed by atoms with E-state index in [1.807, 2.05) is 66.7 Å². The Morgan fingerprint density at radius 1 is 0.974 bits per heavy atom. The van der Waals surface area contributed by atoms with Gasteiger partial charge in [0.05, 0.1) is 30.3 Å². The van der Waals surface area contributed by atoms with E-state index in [0.717, 1.165) is 28.9 Å². The van der Waals surface area contributed by atoms with Crippen LogP contribution in [0.4, 0.5) is 4.79 Å². The van der Waals surface area contributed by atoms with E-state index in [2.05, 4.69) is 5.32 Å². The molecule has 2 aliphatic heterocycles. The van der Waals surface area contributed by atoms with Crippen molar-refractivity contribution in [1.82, 2.24) is 10.2 Å². The zero-order valence-corrected chi connectivity index (χ0v) is 22.5. The van der Waals surface area contributed by atoms with Gasteiger partial charge in [-0.05, 0) is 60.2 Å². The molecule has 202 valence electrons. The fourth-order valence-corrected chi connectivity index (χ4v) is 5.54. The summed E-state index contributed by atoms with van der Waals surface area (Å²) in [5.74, 6) is 0.881. The maximum absolute atomic E-state index is 13.2. The van der Waals surface area contributed by atoms with Crippen molar-refractivity contribution in [3.05, 3.63) is 101 Å². The van der Waals surface area contributed by atoms with Gasteiger partial charge in [0, 0.05) is 6.04 Å². The molecule has 2 aliphatic rings. The number of urea groups is 1. The van der Waals surface area contributed by atoms with Gasteiger partial charge >= 0.3 is 12.0 Å². The number of rotatable bonds is 9. The van der Waals surface area contributed by atoms with Crippen LogP contribution in [0.5, 0.6) is 11.5 Å². The van der Waals surface area contributed by atoms with Crippen molar-refractivity contribution in [2.45, 2.75) is 38.0 Å². The molecule has 2 atom stereocenters. The molecule has 5 rings (SSSR count). The van der Waals surface area contributed by atoms with Crippen molar-refractivity contribution in [2.75, 3.05) is 20.3 Å². The summed E-state index contributed by atoms with van der Waals surface area (Å²) in [6.45, 7) is 1.04. The molecular formula is C31H31ClN2O5. The second kappa shape index (κ2) is 12.3. The largest absolute Gasteiger partial charge is 0.490 e. The van der Waals surface area contributed by atoms with E-state index in [4.69, 9.17) is 25.8 Å². The first-order valence-corrected chi connectivity index (χ1v) is 13.4. The lowest BCUT2D eigenvalue weighted by Gasteiger charge is -2.37. The van der Waals surface area contributed by atoms with Crippen molar-refractivity contribution in [1.29, 1.82) is 0 Å². The first-order valence-electron chi connectivity index (χ1n) is 13.1. The number of amides is 2. The average molecular weight is 547 g/mol. The minimum absolute atomic E-state index is 0.0169. The number of fused-ring (bicyclic) bond motifs is 2. The molecule has 2 heterocycles. The van der Waals surface area contributed by atoms with Gasteiger partial charge in [0.2, 0.25) is 0 Å². The van der Waals surface area contributed by atoms with Gasteiger partial charge < -0.3 is 24.4 Å². The molecule has 0 spiro atoms. The van der Waals surface area contributed by atoms with Crippen LogP contribution in [0.25, 0.3) is 5.57 Å². The second-order valence-corrected chi connectivity index (χ2v) is 9.96. The lowest BCUT2D eigenvalue weighted by atomic mass is 9.88. The summed E-state index contributed by atoms with van der Waals surface area (Å²) in [7, 11) is 1.38. The SMILES string of the molecule is COC(=O)C1=C(c2cccc(OCc3ccccc3)c2)C[C@@H]2CC[C@H]1N2C(=O)NCCOc1ccccc1Cl. The Kier molecular flexibility index (Phi) is 8.37. The maximum atomic E-state index is 13.2. The van der Waals surface area contributed by atoms with E-state index in [1.165, 1.54) is 7.11 Å². The summed E-state index contributed by atoms with van der Waals surface area (Å²) in [6.07, 6.45) is 2.07. The third kappa shape index (κ3) is 6.04. The molecule has 0 saturated carbocycles. The standard InChI is InChI=1S/C31H31ClN2O5/c1-37-30(35)29-25(22-10-7-11-24(18-22)39-20-21-8-3-2-4-9-21)19-23-14-15-27(29)34(23)31(36)33-16-17-38-28-13-6-5-12-26(28)32/h2-13,18,23,27H,14-17,19-20H2,1H3,(H,33,36)/t23-,27+/m0/s1. The highest BCUT2D eigenvalue weighted by Crippen LogP contribution is 2.44. The minimum atomic E-state index is -0.411. The number of carbonyl (C=O) groups excluding carboxylic acids is 2. The fraction of sp³-hybridized carbons (Fsp3) is 0.290. The molecule has 1 N–H and O–H groups in total. The molecule has 1 saturated heterocycles. The molecule has 39 heavy (non-hydrogen) atoms. The lowest BCUT2D eigenvalue weighted by molar-refractivity contribution is -0.136. The topological polar surface area (TPSA) is 77.1 Å². The molecule has 1 fully saturated rings. The number of carbonyl (C=O) groups is 2. The Bertz CT molecular complexity index is 1360. The van der Waals surface area contributed by atoms with Crippen LogP contribution in [0.3, 0.4) is 0 Å². The zero-order chi connectivity index (χ0) is 27.2. The van der Waals surface area contributed by atoms with Crippen LogP contribution < -0.4 is 14.8 Å². The van der Waals surface area contributed by atoms with E-state index < -0.39 is 5.97 Å². The highest BCUT2D eigenvalue weighted by atomic mass is 35.5. The quantitative estimate of drug-likeness (QED) is 0.268. The number of methoxy groups -OCH3 is 1. The summed E-state index contributed by atoms with van der Waals surface area (Å²) in [5.41, 5.74) is 3.43. The van der Waals surface area contributed by atoms with Gasteiger partial charge in [-0.25, -0.2) is 9.59 Å². The lowest BCUT2D eigenvalue weighted by Crippen LogP contribution is -2.51. The Labute approximate surface area is 233 Å². The summed E-state index contributed by atoms with van der Waals surface area (Å²) in [5, 5.41) is 3.46. The highest BCUT2D eigenvalue weighted by molar-refractivity contribution is 6.32. The molecule has 2 amide bonds. The molecule has 8 heteroatoms. The van der Waals surface area contributed by atoms with Crippen LogP contribution in [0.1, 0.15) is 30.4 Å². The fourth-order valence-electron chi connectivity index (χ4n) is 5.35. The van der Waals surface area contributed by atoms with E-state index >= 15 is 0 Å². The molecule has 7 nitrogen and oxygen atoms in total. The van der Waals surface area contributed by atoms with Crippen molar-refractivity contribution in [2.24, 2.45) is 0 Å². The number of ether oxygens (including phenoxy) is 3. The van der Waals surface area contributed by atoms with Gasteiger partial charge in [-0.3, -0.25) is 0 Å². The third-order valence-corrected chi connectivity index (χ3v) is 7.46. The Morgan fingerprint density at radius 3 is 2.56 bits per heavy atom. The first-order chi connectivity index (χ1) is 19.0. The average Bonchev–Trinajstić information content (AvgIpc) is 3.28.